The van der Waals surface area contributed by atoms with Crippen molar-refractivity contribution in [2.45, 2.75) is 18.8 Å². The Morgan fingerprint density at radius 3 is 2.69 bits per heavy atom. The Bertz CT molecular complexity index is 463. The van der Waals surface area contributed by atoms with Gasteiger partial charge in [-0.2, -0.15) is 5.26 Å². The van der Waals surface area contributed by atoms with Crippen LogP contribution in [-0.2, 0) is 5.41 Å². The number of rotatable bonds is 3. The molecule has 4 heteroatoms. The fourth-order valence-electron chi connectivity index (χ4n) is 1.62. The summed E-state index contributed by atoms with van der Waals surface area (Å²) >= 11 is 0. The van der Waals surface area contributed by atoms with Gasteiger partial charge in [-0.15, -0.1) is 6.58 Å². The van der Waals surface area contributed by atoms with Crippen LogP contribution in [-0.4, -0.2) is 0 Å². The lowest BCUT2D eigenvalue weighted by Gasteiger charge is -2.22. The van der Waals surface area contributed by atoms with Crippen molar-refractivity contribution in [3.8, 4) is 6.07 Å². The minimum absolute atomic E-state index is 0.0739. The van der Waals surface area contributed by atoms with Gasteiger partial charge in [0.05, 0.1) is 11.5 Å². The van der Waals surface area contributed by atoms with Gasteiger partial charge < -0.3 is 5.73 Å². The lowest BCUT2D eigenvalue weighted by Crippen LogP contribution is -2.23. The molecule has 1 unspecified atom stereocenters. The van der Waals surface area contributed by atoms with E-state index in [1.54, 1.807) is 0 Å². The number of benzene rings is 1. The maximum absolute atomic E-state index is 13.6. The lowest BCUT2D eigenvalue weighted by atomic mass is 9.79. The predicted molar refractivity (Wildman–Crippen MR) is 58.5 cm³/mol. The van der Waals surface area contributed by atoms with Gasteiger partial charge in [-0.05, 0) is 25.5 Å². The fourth-order valence-corrected chi connectivity index (χ4v) is 1.62. The number of hydrogen-bond donors (Lipinski definition) is 1. The van der Waals surface area contributed by atoms with Crippen LogP contribution in [0.1, 0.15) is 18.9 Å². The SMILES string of the molecule is C=CCC(C)(C#N)c1c(N)ccc(F)c1F. The van der Waals surface area contributed by atoms with E-state index < -0.39 is 17.0 Å². The Morgan fingerprint density at radius 2 is 2.19 bits per heavy atom. The van der Waals surface area contributed by atoms with Crippen molar-refractivity contribution in [3.05, 3.63) is 42.0 Å². The van der Waals surface area contributed by atoms with Crippen LogP contribution in [0.5, 0.6) is 0 Å². The third-order valence-electron chi connectivity index (χ3n) is 2.48. The second-order valence-electron chi connectivity index (χ2n) is 3.76. The van der Waals surface area contributed by atoms with Gasteiger partial charge in [0, 0.05) is 11.3 Å². The molecule has 0 amide bonds. The summed E-state index contributed by atoms with van der Waals surface area (Å²) in [6, 6.07) is 4.15. The summed E-state index contributed by atoms with van der Waals surface area (Å²) in [7, 11) is 0. The highest BCUT2D eigenvalue weighted by Gasteiger charge is 2.32. The summed E-state index contributed by atoms with van der Waals surface area (Å²) in [4.78, 5) is 0. The van der Waals surface area contributed by atoms with Crippen molar-refractivity contribution in [1.29, 1.82) is 5.26 Å². The summed E-state index contributed by atoms with van der Waals surface area (Å²) in [6.07, 6.45) is 1.68. The molecule has 0 spiro atoms. The lowest BCUT2D eigenvalue weighted by molar-refractivity contribution is 0.474. The highest BCUT2D eigenvalue weighted by molar-refractivity contribution is 5.54. The predicted octanol–water partition coefficient (Wildman–Crippen LogP) is 2.90. The van der Waals surface area contributed by atoms with Crippen LogP contribution >= 0.6 is 0 Å². The highest BCUT2D eigenvalue weighted by Crippen LogP contribution is 2.34. The van der Waals surface area contributed by atoms with E-state index in [0.717, 1.165) is 6.07 Å². The zero-order chi connectivity index (χ0) is 12.3. The minimum atomic E-state index is -1.20. The average Bonchev–Trinajstić information content (AvgIpc) is 2.24. The first-order valence-corrected chi connectivity index (χ1v) is 4.72. The monoisotopic (exact) mass is 222 g/mol. The molecule has 0 aliphatic rings. The van der Waals surface area contributed by atoms with E-state index in [2.05, 4.69) is 6.58 Å². The number of allylic oxidation sites excluding steroid dienone is 1. The molecule has 1 aromatic rings. The van der Waals surface area contributed by atoms with Gasteiger partial charge in [-0.25, -0.2) is 8.78 Å². The molecule has 1 aromatic carbocycles. The first-order valence-electron chi connectivity index (χ1n) is 4.72. The molecule has 0 fully saturated rings. The van der Waals surface area contributed by atoms with Gasteiger partial charge in [0.15, 0.2) is 11.6 Å². The van der Waals surface area contributed by atoms with Gasteiger partial charge in [0.2, 0.25) is 0 Å². The average molecular weight is 222 g/mol. The van der Waals surface area contributed by atoms with Crippen molar-refractivity contribution in [1.82, 2.24) is 0 Å². The standard InChI is InChI=1S/C12H12F2N2/c1-3-6-12(2,7-15)10-9(16)5-4-8(13)11(10)14/h3-5H,1,6,16H2,2H3. The number of nitrogens with two attached hydrogens (primary N) is 1. The van der Waals surface area contributed by atoms with E-state index in [9.17, 15) is 8.78 Å². The second kappa shape index (κ2) is 4.31. The zero-order valence-corrected chi connectivity index (χ0v) is 8.93. The summed E-state index contributed by atoms with van der Waals surface area (Å²) < 4.78 is 26.7. The quantitative estimate of drug-likeness (QED) is 0.631. The topological polar surface area (TPSA) is 49.8 Å². The Morgan fingerprint density at radius 1 is 1.56 bits per heavy atom. The Labute approximate surface area is 93.0 Å². The molecule has 0 bridgehead atoms. The largest absolute Gasteiger partial charge is 0.398 e. The molecule has 16 heavy (non-hydrogen) atoms. The molecule has 2 N–H and O–H groups in total. The molecule has 0 heterocycles. The first-order chi connectivity index (χ1) is 7.46. The van der Waals surface area contributed by atoms with Gasteiger partial charge in [0.25, 0.3) is 0 Å². The fraction of sp³-hybridized carbons (Fsp3) is 0.250. The molecule has 0 saturated carbocycles. The third kappa shape index (κ3) is 1.89. The van der Waals surface area contributed by atoms with E-state index in [4.69, 9.17) is 11.0 Å². The Kier molecular flexibility index (Phi) is 3.28. The maximum Gasteiger partial charge on any atom is 0.165 e. The van der Waals surface area contributed by atoms with Crippen LogP contribution < -0.4 is 5.73 Å². The van der Waals surface area contributed by atoms with Crippen LogP contribution in [0.25, 0.3) is 0 Å². The molecule has 2 nitrogen and oxygen atoms in total. The number of halogens is 2. The molecule has 1 rings (SSSR count). The highest BCUT2D eigenvalue weighted by atomic mass is 19.2. The minimum Gasteiger partial charge on any atom is -0.398 e. The zero-order valence-electron chi connectivity index (χ0n) is 8.93. The number of hydrogen-bond acceptors (Lipinski definition) is 2. The summed E-state index contributed by atoms with van der Waals surface area (Å²) in [6.45, 7) is 5.00. The van der Waals surface area contributed by atoms with E-state index in [-0.39, 0.29) is 17.7 Å². The number of nitrogen functional groups attached to an aromatic ring is 1. The number of nitriles is 1. The Hall–Kier alpha value is -1.89. The van der Waals surface area contributed by atoms with Crippen LogP contribution in [0.4, 0.5) is 14.5 Å². The summed E-state index contributed by atoms with van der Waals surface area (Å²) in [5.74, 6) is -2.07. The normalized spacial score (nSPS) is 13.9. The van der Waals surface area contributed by atoms with E-state index in [0.29, 0.717) is 0 Å². The van der Waals surface area contributed by atoms with E-state index >= 15 is 0 Å². The number of anilines is 1. The van der Waals surface area contributed by atoms with Crippen LogP contribution in [0, 0.1) is 23.0 Å². The molecule has 0 aromatic heterocycles. The van der Waals surface area contributed by atoms with E-state index in [1.165, 1.54) is 19.1 Å². The maximum atomic E-state index is 13.6. The van der Waals surface area contributed by atoms with Gasteiger partial charge >= 0.3 is 0 Å². The molecule has 0 saturated heterocycles. The van der Waals surface area contributed by atoms with Gasteiger partial charge in [-0.1, -0.05) is 6.08 Å². The first kappa shape index (κ1) is 12.2. The molecule has 1 atom stereocenters. The smallest absolute Gasteiger partial charge is 0.165 e. The second-order valence-corrected chi connectivity index (χ2v) is 3.76. The summed E-state index contributed by atoms with van der Waals surface area (Å²) in [5.41, 5.74) is 4.37. The van der Waals surface area contributed by atoms with Crippen LogP contribution in [0.2, 0.25) is 0 Å². The molecular formula is C12H12F2N2. The summed E-state index contributed by atoms with van der Waals surface area (Å²) in [5, 5.41) is 9.07. The molecule has 0 aliphatic heterocycles. The van der Waals surface area contributed by atoms with Crippen LogP contribution in [0.3, 0.4) is 0 Å². The molecule has 0 aliphatic carbocycles. The third-order valence-corrected chi connectivity index (χ3v) is 2.48. The molecule has 0 radical (unpaired) electrons. The van der Waals surface area contributed by atoms with Crippen molar-refractivity contribution in [2.24, 2.45) is 0 Å². The number of nitrogens with zero attached hydrogens (tertiary/aromatic N) is 1. The van der Waals surface area contributed by atoms with Crippen molar-refractivity contribution in [2.75, 3.05) is 5.73 Å². The van der Waals surface area contributed by atoms with E-state index in [1.807, 2.05) is 6.07 Å². The van der Waals surface area contributed by atoms with Crippen LogP contribution in [0.15, 0.2) is 24.8 Å². The van der Waals surface area contributed by atoms with Gasteiger partial charge in [-0.3, -0.25) is 0 Å². The molecule has 84 valence electrons. The van der Waals surface area contributed by atoms with Crippen molar-refractivity contribution in [3.63, 3.8) is 0 Å². The van der Waals surface area contributed by atoms with Gasteiger partial charge in [0.1, 0.15) is 0 Å². The van der Waals surface area contributed by atoms with Crippen molar-refractivity contribution < 1.29 is 8.78 Å². The van der Waals surface area contributed by atoms with Crippen molar-refractivity contribution >= 4 is 5.69 Å². The molecular weight excluding hydrogens is 210 g/mol. The Balaban J connectivity index is 3.47.